The third kappa shape index (κ3) is 5.26. The summed E-state index contributed by atoms with van der Waals surface area (Å²) in [4.78, 5) is 16.8. The fourth-order valence-corrected chi connectivity index (χ4v) is 3.86. The summed E-state index contributed by atoms with van der Waals surface area (Å²) in [5, 5.41) is 3.27. The highest BCUT2D eigenvalue weighted by Crippen LogP contribution is 2.15. The molecule has 1 aromatic rings. The van der Waals surface area contributed by atoms with Crippen LogP contribution in [0.25, 0.3) is 0 Å². The van der Waals surface area contributed by atoms with Crippen LogP contribution >= 0.6 is 36.6 Å². The largest absolute Gasteiger partial charge is 0.339 e. The Morgan fingerprint density at radius 2 is 1.91 bits per heavy atom. The standard InChI is InChI=1S/C16H23N3OS.2ClH/c1-13-4-2-3-5-14(13)10-18-6-8-19(9-7-18)16(20)15-11-21-12-17-15;;/h2-5,15,17H,6-12H2,1H3;2*1H. The Morgan fingerprint density at radius 3 is 2.52 bits per heavy atom. The van der Waals surface area contributed by atoms with Crippen molar-refractivity contribution in [3.63, 3.8) is 0 Å². The molecule has 2 aliphatic rings. The second-order valence-corrected chi connectivity index (χ2v) is 6.83. The number of piperazine rings is 1. The predicted molar refractivity (Wildman–Crippen MR) is 102 cm³/mol. The molecule has 23 heavy (non-hydrogen) atoms. The molecule has 7 heteroatoms. The van der Waals surface area contributed by atoms with Gasteiger partial charge in [0, 0.05) is 44.4 Å². The van der Waals surface area contributed by atoms with E-state index in [0.29, 0.717) is 0 Å². The summed E-state index contributed by atoms with van der Waals surface area (Å²) < 4.78 is 0. The first-order valence-electron chi connectivity index (χ1n) is 7.61. The predicted octanol–water partition coefficient (Wildman–Crippen LogP) is 2.15. The molecule has 0 bridgehead atoms. The van der Waals surface area contributed by atoms with Crippen molar-refractivity contribution in [2.75, 3.05) is 37.8 Å². The SMILES string of the molecule is Cc1ccccc1CN1CCN(C(=O)C2CSCN2)CC1.Cl.Cl. The van der Waals surface area contributed by atoms with E-state index in [1.54, 1.807) is 0 Å². The van der Waals surface area contributed by atoms with Gasteiger partial charge in [-0.2, -0.15) is 0 Å². The number of rotatable bonds is 3. The number of amides is 1. The molecule has 1 unspecified atom stereocenters. The number of nitrogens with one attached hydrogen (secondary N) is 1. The van der Waals surface area contributed by atoms with Gasteiger partial charge in [-0.05, 0) is 18.1 Å². The Kier molecular flexibility index (Phi) is 8.72. The maximum Gasteiger partial charge on any atom is 0.240 e. The zero-order valence-corrected chi connectivity index (χ0v) is 15.8. The highest BCUT2D eigenvalue weighted by atomic mass is 35.5. The molecule has 0 radical (unpaired) electrons. The van der Waals surface area contributed by atoms with Gasteiger partial charge in [-0.25, -0.2) is 0 Å². The second kappa shape index (κ2) is 9.74. The average molecular weight is 378 g/mol. The molecule has 1 amide bonds. The lowest BCUT2D eigenvalue weighted by Gasteiger charge is -2.36. The number of carbonyl (C=O) groups excluding carboxylic acids is 1. The highest BCUT2D eigenvalue weighted by Gasteiger charge is 2.29. The lowest BCUT2D eigenvalue weighted by molar-refractivity contribution is -0.134. The number of hydrogen-bond acceptors (Lipinski definition) is 4. The Morgan fingerprint density at radius 1 is 1.22 bits per heavy atom. The summed E-state index contributed by atoms with van der Waals surface area (Å²) in [6, 6.07) is 8.59. The van der Waals surface area contributed by atoms with E-state index in [1.165, 1.54) is 11.1 Å². The topological polar surface area (TPSA) is 35.6 Å². The molecule has 1 N–H and O–H groups in total. The highest BCUT2D eigenvalue weighted by molar-refractivity contribution is 7.99. The number of hydrogen-bond donors (Lipinski definition) is 1. The molecule has 2 saturated heterocycles. The van der Waals surface area contributed by atoms with E-state index in [9.17, 15) is 4.79 Å². The van der Waals surface area contributed by atoms with Crippen LogP contribution in [-0.2, 0) is 11.3 Å². The molecule has 2 aliphatic heterocycles. The molecule has 0 spiro atoms. The molecule has 1 atom stereocenters. The quantitative estimate of drug-likeness (QED) is 0.874. The van der Waals surface area contributed by atoms with Crippen LogP contribution in [0.5, 0.6) is 0 Å². The van der Waals surface area contributed by atoms with E-state index in [1.807, 2.05) is 16.7 Å². The number of halogens is 2. The molecule has 2 heterocycles. The number of aryl methyl sites for hydroxylation is 1. The minimum absolute atomic E-state index is 0. The molecular formula is C16H25Cl2N3OS. The van der Waals surface area contributed by atoms with Crippen molar-refractivity contribution >= 4 is 42.5 Å². The van der Waals surface area contributed by atoms with Crippen LogP contribution in [0.3, 0.4) is 0 Å². The van der Waals surface area contributed by atoms with E-state index >= 15 is 0 Å². The first-order valence-corrected chi connectivity index (χ1v) is 8.76. The zero-order valence-electron chi connectivity index (χ0n) is 13.4. The minimum Gasteiger partial charge on any atom is -0.339 e. The monoisotopic (exact) mass is 377 g/mol. The first-order chi connectivity index (χ1) is 10.2. The van der Waals surface area contributed by atoms with Gasteiger partial charge in [-0.3, -0.25) is 15.0 Å². The Bertz CT molecular complexity index is 504. The van der Waals surface area contributed by atoms with Gasteiger partial charge in [0.2, 0.25) is 5.91 Å². The smallest absolute Gasteiger partial charge is 0.240 e. The number of benzene rings is 1. The second-order valence-electron chi connectivity index (χ2n) is 5.80. The molecular weight excluding hydrogens is 353 g/mol. The fourth-order valence-electron chi connectivity index (χ4n) is 2.93. The van der Waals surface area contributed by atoms with Gasteiger partial charge >= 0.3 is 0 Å². The molecule has 2 fully saturated rings. The number of nitrogens with zero attached hydrogens (tertiary/aromatic N) is 2. The van der Waals surface area contributed by atoms with E-state index in [0.717, 1.165) is 44.4 Å². The van der Waals surface area contributed by atoms with E-state index < -0.39 is 0 Å². The molecule has 130 valence electrons. The summed E-state index contributed by atoms with van der Waals surface area (Å²) in [5.74, 6) is 2.11. The van der Waals surface area contributed by atoms with E-state index in [2.05, 4.69) is 41.4 Å². The summed E-state index contributed by atoms with van der Waals surface area (Å²) in [6.45, 7) is 6.81. The third-order valence-corrected chi connectivity index (χ3v) is 5.29. The van der Waals surface area contributed by atoms with Crippen LogP contribution in [0.2, 0.25) is 0 Å². The summed E-state index contributed by atoms with van der Waals surface area (Å²) >= 11 is 1.81. The summed E-state index contributed by atoms with van der Waals surface area (Å²) in [5.41, 5.74) is 2.74. The third-order valence-electron chi connectivity index (χ3n) is 4.35. The molecule has 0 aromatic heterocycles. The maximum atomic E-state index is 12.4. The molecule has 4 nitrogen and oxygen atoms in total. The fraction of sp³-hybridized carbons (Fsp3) is 0.562. The van der Waals surface area contributed by atoms with Crippen molar-refractivity contribution in [2.45, 2.75) is 19.5 Å². The molecule has 3 rings (SSSR count). The van der Waals surface area contributed by atoms with Crippen molar-refractivity contribution in [3.8, 4) is 0 Å². The van der Waals surface area contributed by atoms with E-state index in [4.69, 9.17) is 0 Å². The van der Waals surface area contributed by atoms with Gasteiger partial charge in [-0.15, -0.1) is 36.6 Å². The van der Waals surface area contributed by atoms with Gasteiger partial charge in [0.1, 0.15) is 0 Å². The van der Waals surface area contributed by atoms with Crippen LogP contribution in [0.1, 0.15) is 11.1 Å². The minimum atomic E-state index is 0. The Hall–Kier alpha value is -0.460. The lowest BCUT2D eigenvalue weighted by Crippen LogP contribution is -2.53. The van der Waals surface area contributed by atoms with Crippen LogP contribution in [0, 0.1) is 6.92 Å². The number of thioether (sulfide) groups is 1. The molecule has 1 aromatic carbocycles. The molecule has 0 saturated carbocycles. The van der Waals surface area contributed by atoms with Gasteiger partial charge in [0.05, 0.1) is 6.04 Å². The van der Waals surface area contributed by atoms with Crippen LogP contribution in [-0.4, -0.2) is 59.6 Å². The van der Waals surface area contributed by atoms with Crippen molar-refractivity contribution < 1.29 is 4.79 Å². The van der Waals surface area contributed by atoms with Gasteiger partial charge in [0.15, 0.2) is 0 Å². The van der Waals surface area contributed by atoms with Crippen molar-refractivity contribution in [3.05, 3.63) is 35.4 Å². The average Bonchev–Trinajstić information content (AvgIpc) is 3.04. The van der Waals surface area contributed by atoms with Gasteiger partial charge < -0.3 is 4.90 Å². The number of carbonyl (C=O) groups is 1. The Balaban J connectivity index is 0.00000132. The van der Waals surface area contributed by atoms with Gasteiger partial charge in [-0.1, -0.05) is 24.3 Å². The van der Waals surface area contributed by atoms with E-state index in [-0.39, 0.29) is 36.8 Å². The van der Waals surface area contributed by atoms with Crippen LogP contribution in [0.15, 0.2) is 24.3 Å². The van der Waals surface area contributed by atoms with Crippen LogP contribution < -0.4 is 5.32 Å². The Labute approximate surface area is 155 Å². The summed E-state index contributed by atoms with van der Waals surface area (Å²) in [7, 11) is 0. The van der Waals surface area contributed by atoms with Gasteiger partial charge in [0.25, 0.3) is 0 Å². The molecule has 0 aliphatic carbocycles. The maximum absolute atomic E-state index is 12.4. The van der Waals surface area contributed by atoms with Crippen molar-refractivity contribution in [2.24, 2.45) is 0 Å². The zero-order chi connectivity index (χ0) is 14.7. The first kappa shape index (κ1) is 20.6. The van der Waals surface area contributed by atoms with Crippen molar-refractivity contribution in [1.29, 1.82) is 0 Å². The lowest BCUT2D eigenvalue weighted by atomic mass is 10.1. The van der Waals surface area contributed by atoms with Crippen molar-refractivity contribution in [1.82, 2.24) is 15.1 Å². The normalized spacial score (nSPS) is 21.4. The summed E-state index contributed by atoms with van der Waals surface area (Å²) in [6.07, 6.45) is 0. The van der Waals surface area contributed by atoms with Crippen LogP contribution in [0.4, 0.5) is 0 Å².